The van der Waals surface area contributed by atoms with E-state index in [1.54, 1.807) is 16.7 Å². The lowest BCUT2D eigenvalue weighted by Crippen LogP contribution is -2.68. The van der Waals surface area contributed by atoms with Gasteiger partial charge in [0, 0.05) is 31.7 Å². The maximum Gasteiger partial charge on any atom is 0.417 e. The fourth-order valence-corrected chi connectivity index (χ4v) is 6.26. The molecule has 39 heavy (non-hydrogen) atoms. The quantitative estimate of drug-likeness (QED) is 0.576. The topological polar surface area (TPSA) is 102 Å². The normalized spacial score (nSPS) is 28.4. The number of nitrogens with one attached hydrogen (secondary N) is 1. The number of hydrogen-bond donors (Lipinski definition) is 2. The van der Waals surface area contributed by atoms with Gasteiger partial charge in [0.1, 0.15) is 6.04 Å². The van der Waals surface area contributed by atoms with E-state index in [2.05, 4.69) is 5.32 Å². The number of anilines is 1. The number of benzene rings is 1. The van der Waals surface area contributed by atoms with Crippen molar-refractivity contribution in [2.24, 2.45) is 5.41 Å². The number of carbonyl (C=O) groups is 3. The molecule has 1 spiro atoms. The number of urea groups is 1. The summed E-state index contributed by atoms with van der Waals surface area (Å²) in [5, 5.41) is 12.4. The summed E-state index contributed by atoms with van der Waals surface area (Å²) in [5.74, 6) is -0.336. The molecule has 5 rings (SSSR count). The number of fused-ring (bicyclic) bond motifs is 1. The van der Waals surface area contributed by atoms with E-state index < -0.39 is 41.0 Å². The van der Waals surface area contributed by atoms with Crippen molar-refractivity contribution in [1.82, 2.24) is 14.7 Å². The minimum atomic E-state index is -4.62. The lowest BCUT2D eigenvalue weighted by Gasteiger charge is -2.50. The first-order valence-corrected chi connectivity index (χ1v) is 13.6. The van der Waals surface area contributed by atoms with Crippen molar-refractivity contribution in [3.63, 3.8) is 0 Å². The second kappa shape index (κ2) is 10.4. The van der Waals surface area contributed by atoms with Gasteiger partial charge in [0.2, 0.25) is 11.8 Å². The Morgan fingerprint density at radius 1 is 1.21 bits per heavy atom. The first-order valence-electron chi connectivity index (χ1n) is 13.2. The number of piperazine rings is 1. The Kier molecular flexibility index (Phi) is 7.49. The lowest BCUT2D eigenvalue weighted by atomic mass is 9.90. The Balaban J connectivity index is 1.19. The van der Waals surface area contributed by atoms with Gasteiger partial charge in [-0.3, -0.25) is 9.59 Å². The SMILES string of the molecule is C[C@H]1C(=O)N2[C@@H](CCC(=O)N3CCC4(CC4)C(O)C3)COC[C@H]2CN1C(=O)Nc1ccc(C(F)(F)F)c(Cl)c1. The van der Waals surface area contributed by atoms with Crippen LogP contribution in [0, 0.1) is 5.41 Å². The van der Waals surface area contributed by atoms with Crippen molar-refractivity contribution in [2.75, 3.05) is 38.2 Å². The second-order valence-electron chi connectivity index (χ2n) is 11.0. The van der Waals surface area contributed by atoms with Crippen molar-refractivity contribution in [3.8, 4) is 0 Å². The van der Waals surface area contributed by atoms with Crippen LogP contribution in [0.1, 0.15) is 44.6 Å². The van der Waals surface area contributed by atoms with Crippen molar-refractivity contribution < 1.29 is 37.4 Å². The number of piperidine rings is 1. The average molecular weight is 573 g/mol. The molecule has 4 fully saturated rings. The van der Waals surface area contributed by atoms with Gasteiger partial charge in [-0.25, -0.2) is 4.79 Å². The summed E-state index contributed by atoms with van der Waals surface area (Å²) < 4.78 is 44.7. The smallest absolute Gasteiger partial charge is 0.391 e. The van der Waals surface area contributed by atoms with E-state index in [1.807, 2.05) is 0 Å². The van der Waals surface area contributed by atoms with Gasteiger partial charge in [-0.05, 0) is 56.2 Å². The molecular weight excluding hydrogens is 541 g/mol. The zero-order valence-electron chi connectivity index (χ0n) is 21.5. The maximum absolute atomic E-state index is 13.4. The summed E-state index contributed by atoms with van der Waals surface area (Å²) in [7, 11) is 0. The number of rotatable bonds is 4. The van der Waals surface area contributed by atoms with E-state index in [4.69, 9.17) is 16.3 Å². The van der Waals surface area contributed by atoms with Crippen LogP contribution < -0.4 is 5.32 Å². The summed E-state index contributed by atoms with van der Waals surface area (Å²) in [6.45, 7) is 3.24. The van der Waals surface area contributed by atoms with E-state index in [1.165, 1.54) is 4.90 Å². The highest BCUT2D eigenvalue weighted by molar-refractivity contribution is 6.31. The van der Waals surface area contributed by atoms with Gasteiger partial charge in [-0.2, -0.15) is 13.2 Å². The Morgan fingerprint density at radius 3 is 2.59 bits per heavy atom. The van der Waals surface area contributed by atoms with Crippen LogP contribution in [-0.4, -0.2) is 94.7 Å². The van der Waals surface area contributed by atoms with Crippen LogP contribution in [-0.2, 0) is 20.5 Å². The Morgan fingerprint density at radius 2 is 1.95 bits per heavy atom. The third-order valence-electron chi connectivity index (χ3n) is 8.60. The Bertz CT molecular complexity index is 1150. The molecule has 1 aromatic rings. The molecule has 4 amide bonds. The zero-order chi connectivity index (χ0) is 28.1. The fraction of sp³-hybridized carbons (Fsp3) is 0.654. The van der Waals surface area contributed by atoms with E-state index >= 15 is 0 Å². The van der Waals surface area contributed by atoms with Crippen LogP contribution >= 0.6 is 11.6 Å². The monoisotopic (exact) mass is 572 g/mol. The summed E-state index contributed by atoms with van der Waals surface area (Å²) in [6.07, 6.45) is -1.64. The number of hydrogen-bond acceptors (Lipinski definition) is 5. The summed E-state index contributed by atoms with van der Waals surface area (Å²) in [5.41, 5.74) is -0.924. The van der Waals surface area contributed by atoms with Gasteiger partial charge < -0.3 is 29.9 Å². The standard InChI is InChI=1S/C26H32ClF3N4O5/c1-15-23(37)34-17(3-5-22(36)32-9-8-25(6-7-25)21(35)12-32)13-39-14-18(34)11-33(15)24(38)31-16-2-4-19(20(27)10-16)26(28,29)30/h2,4,10,15,17-18,21,35H,3,5-9,11-14H2,1H3,(H,31,38)/t15-,17-,18+,21?/m0/s1. The average Bonchev–Trinajstić information content (AvgIpc) is 3.66. The van der Waals surface area contributed by atoms with E-state index in [0.29, 0.717) is 19.5 Å². The first kappa shape index (κ1) is 28.0. The van der Waals surface area contributed by atoms with Gasteiger partial charge in [-0.1, -0.05) is 11.6 Å². The number of amides is 4. The molecule has 0 bridgehead atoms. The summed E-state index contributed by atoms with van der Waals surface area (Å²) in [4.78, 5) is 44.0. The molecular formula is C26H32ClF3N4O5. The highest BCUT2D eigenvalue weighted by Gasteiger charge is 2.52. The minimum absolute atomic E-state index is 0.00845. The number of halogens is 4. The summed E-state index contributed by atoms with van der Waals surface area (Å²) in [6, 6.07) is 0.711. The van der Waals surface area contributed by atoms with Crippen LogP contribution in [0.2, 0.25) is 5.02 Å². The molecule has 214 valence electrons. The molecule has 2 N–H and O–H groups in total. The van der Waals surface area contributed by atoms with Crippen LogP contribution in [0.5, 0.6) is 0 Å². The number of carbonyl (C=O) groups excluding carboxylic acids is 3. The highest BCUT2D eigenvalue weighted by atomic mass is 35.5. The van der Waals surface area contributed by atoms with Crippen molar-refractivity contribution in [2.45, 2.75) is 69.4 Å². The molecule has 1 aliphatic carbocycles. The molecule has 4 aliphatic rings. The molecule has 9 nitrogen and oxygen atoms in total. The molecule has 3 aliphatic heterocycles. The van der Waals surface area contributed by atoms with Gasteiger partial charge in [0.15, 0.2) is 0 Å². The van der Waals surface area contributed by atoms with Crippen molar-refractivity contribution >= 4 is 35.1 Å². The fourth-order valence-electron chi connectivity index (χ4n) is 5.97. The predicted molar refractivity (Wildman–Crippen MR) is 135 cm³/mol. The molecule has 1 saturated carbocycles. The Labute approximate surface area is 229 Å². The number of morpholine rings is 1. The third kappa shape index (κ3) is 5.55. The molecule has 0 radical (unpaired) electrons. The molecule has 3 saturated heterocycles. The number of aliphatic hydroxyl groups is 1. The van der Waals surface area contributed by atoms with Crippen molar-refractivity contribution in [1.29, 1.82) is 0 Å². The molecule has 1 aromatic carbocycles. The Hall–Kier alpha value is -2.57. The third-order valence-corrected chi connectivity index (χ3v) is 8.91. The molecule has 1 unspecified atom stereocenters. The van der Waals surface area contributed by atoms with Gasteiger partial charge >= 0.3 is 12.2 Å². The molecule has 0 aromatic heterocycles. The zero-order valence-corrected chi connectivity index (χ0v) is 22.3. The van der Waals surface area contributed by atoms with Gasteiger partial charge in [-0.15, -0.1) is 0 Å². The van der Waals surface area contributed by atoms with Crippen LogP contribution in [0.3, 0.4) is 0 Å². The van der Waals surface area contributed by atoms with Crippen LogP contribution in [0.4, 0.5) is 23.7 Å². The van der Waals surface area contributed by atoms with Crippen LogP contribution in [0.15, 0.2) is 18.2 Å². The van der Waals surface area contributed by atoms with E-state index in [0.717, 1.165) is 37.5 Å². The number of β-amino-alcohol motifs (C(OH)–C–C–N with tert-alkyl or cyclic N) is 1. The van der Waals surface area contributed by atoms with Gasteiger partial charge in [0.25, 0.3) is 0 Å². The minimum Gasteiger partial charge on any atom is -0.391 e. The van der Waals surface area contributed by atoms with E-state index in [-0.39, 0.29) is 55.1 Å². The summed E-state index contributed by atoms with van der Waals surface area (Å²) >= 11 is 5.76. The van der Waals surface area contributed by atoms with Crippen LogP contribution in [0.25, 0.3) is 0 Å². The molecule has 3 heterocycles. The number of alkyl halides is 3. The number of likely N-dealkylation sites (tertiary alicyclic amines) is 1. The molecule has 13 heteroatoms. The maximum atomic E-state index is 13.4. The number of aliphatic hydroxyl groups excluding tert-OH is 1. The van der Waals surface area contributed by atoms with Gasteiger partial charge in [0.05, 0.1) is 42.0 Å². The number of nitrogens with zero attached hydrogens (tertiary/aromatic N) is 3. The lowest BCUT2D eigenvalue weighted by molar-refractivity contribution is -0.160. The largest absolute Gasteiger partial charge is 0.417 e. The second-order valence-corrected chi connectivity index (χ2v) is 11.5. The first-order chi connectivity index (χ1) is 18.4. The van der Waals surface area contributed by atoms with Crippen molar-refractivity contribution in [3.05, 3.63) is 28.8 Å². The van der Waals surface area contributed by atoms with E-state index in [9.17, 15) is 32.7 Å². The highest BCUT2D eigenvalue weighted by Crippen LogP contribution is 2.53. The predicted octanol–water partition coefficient (Wildman–Crippen LogP) is 3.34. The molecule has 4 atom stereocenters. The number of ether oxygens (including phenoxy) is 1.